The number of hydrogen-bond acceptors (Lipinski definition) is 5. The number of nitrogens with two attached hydrogens (primary N) is 1. The topological polar surface area (TPSA) is 84.7 Å². The number of hydrogen-bond donors (Lipinski definition) is 2. The van der Waals surface area contributed by atoms with Crippen molar-refractivity contribution in [2.75, 3.05) is 25.0 Å². The first-order valence-corrected chi connectivity index (χ1v) is 13.8. The van der Waals surface area contributed by atoms with E-state index in [9.17, 15) is 22.8 Å². The van der Waals surface area contributed by atoms with Crippen molar-refractivity contribution in [3.63, 3.8) is 0 Å². The number of carbonyl (C=O) groups excluding carboxylic acids is 2. The number of alkyl halides is 3. The Hall–Kier alpha value is -2.91. The highest BCUT2D eigenvalue weighted by Crippen LogP contribution is 2.49. The highest BCUT2D eigenvalue weighted by atomic mass is 19.4. The summed E-state index contributed by atoms with van der Waals surface area (Å²) in [7, 11) is 0. The zero-order valence-electron chi connectivity index (χ0n) is 22.2. The fraction of sp³-hybridized carbons (Fsp3) is 0.533. The summed E-state index contributed by atoms with van der Waals surface area (Å²) in [5.74, 6) is -0.960. The van der Waals surface area contributed by atoms with Gasteiger partial charge in [-0.25, -0.2) is 0 Å². The summed E-state index contributed by atoms with van der Waals surface area (Å²) in [5.41, 5.74) is 6.87. The average Bonchev–Trinajstić information content (AvgIpc) is 3.46. The van der Waals surface area contributed by atoms with Gasteiger partial charge < -0.3 is 20.6 Å². The van der Waals surface area contributed by atoms with Crippen LogP contribution in [0.25, 0.3) is 0 Å². The molecule has 3 aliphatic rings. The normalized spacial score (nSPS) is 27.0. The molecule has 39 heavy (non-hydrogen) atoms. The molecule has 1 spiro atoms. The minimum absolute atomic E-state index is 0.192. The molecular weight excluding hydrogens is 507 g/mol. The second-order valence-corrected chi connectivity index (χ2v) is 11.1. The van der Waals surface area contributed by atoms with Gasteiger partial charge in [0.1, 0.15) is 6.29 Å². The molecule has 5 rings (SSSR count). The number of carbonyl (C=O) groups is 2. The smallest absolute Gasteiger partial charge is 0.377 e. The van der Waals surface area contributed by atoms with Crippen LogP contribution in [0.4, 0.5) is 18.9 Å². The van der Waals surface area contributed by atoms with Gasteiger partial charge in [-0.15, -0.1) is 0 Å². The number of fused-ring (bicyclic) bond motifs is 2. The summed E-state index contributed by atoms with van der Waals surface area (Å²) in [6, 6.07) is 11.0. The highest BCUT2D eigenvalue weighted by Gasteiger charge is 2.45. The van der Waals surface area contributed by atoms with Crippen molar-refractivity contribution < 1.29 is 27.5 Å². The van der Waals surface area contributed by atoms with Crippen molar-refractivity contribution in [3.05, 3.63) is 64.2 Å². The van der Waals surface area contributed by atoms with Crippen LogP contribution in [0.3, 0.4) is 0 Å². The molecule has 1 amide bonds. The van der Waals surface area contributed by atoms with Crippen LogP contribution < -0.4 is 11.1 Å². The molecule has 1 heterocycles. The molecule has 2 atom stereocenters. The lowest BCUT2D eigenvalue weighted by Gasteiger charge is -2.41. The Morgan fingerprint density at radius 3 is 2.56 bits per heavy atom. The number of aldehydes is 1. The summed E-state index contributed by atoms with van der Waals surface area (Å²) in [4.78, 5) is 25.6. The standard InChI is InChI=1S/C30H36F3N3O3/c1-2-39-25-18-36(21-10-14-29(15-11-21)13-9-19-5-3-4-6-23(19)29)17-24(25)35-27-22(28(34)38)8-7-20(12-16-37)26(27)30(31,32)33/h3-8,16,21,24-25,35H,2,9-15,17-18H2,1H3,(H2,34,38)/t21?,24-,25-,29?/m0/s1. The monoisotopic (exact) mass is 543 g/mol. The van der Waals surface area contributed by atoms with Crippen molar-refractivity contribution in [3.8, 4) is 0 Å². The number of likely N-dealkylation sites (tertiary alicyclic amines) is 1. The van der Waals surface area contributed by atoms with Gasteiger partial charge in [0.25, 0.3) is 5.91 Å². The van der Waals surface area contributed by atoms with Gasteiger partial charge in [-0.3, -0.25) is 9.69 Å². The van der Waals surface area contributed by atoms with E-state index in [2.05, 4.69) is 34.5 Å². The number of benzene rings is 2. The molecule has 3 N–H and O–H groups in total. The zero-order chi connectivity index (χ0) is 27.8. The van der Waals surface area contributed by atoms with Crippen LogP contribution in [0.15, 0.2) is 36.4 Å². The molecule has 0 unspecified atom stereocenters. The Balaban J connectivity index is 1.37. The van der Waals surface area contributed by atoms with E-state index >= 15 is 0 Å². The third-order valence-electron chi connectivity index (χ3n) is 9.04. The van der Waals surface area contributed by atoms with Gasteiger partial charge in [0.15, 0.2) is 0 Å². The van der Waals surface area contributed by atoms with Crippen molar-refractivity contribution in [1.29, 1.82) is 0 Å². The predicted molar refractivity (Wildman–Crippen MR) is 143 cm³/mol. The van der Waals surface area contributed by atoms with Crippen molar-refractivity contribution in [2.45, 2.75) is 81.6 Å². The number of aryl methyl sites for hydroxylation is 1. The molecule has 2 aliphatic carbocycles. The molecule has 9 heteroatoms. The lowest BCUT2D eigenvalue weighted by Crippen LogP contribution is -2.41. The minimum Gasteiger partial charge on any atom is -0.377 e. The average molecular weight is 544 g/mol. The molecule has 0 aromatic heterocycles. The maximum atomic E-state index is 14.3. The molecule has 2 aromatic rings. The Morgan fingerprint density at radius 2 is 1.90 bits per heavy atom. The fourth-order valence-corrected chi connectivity index (χ4v) is 7.20. The molecule has 1 saturated carbocycles. The molecule has 0 bridgehead atoms. The molecule has 2 aromatic carbocycles. The molecular formula is C30H36F3N3O3. The summed E-state index contributed by atoms with van der Waals surface area (Å²) in [5, 5.41) is 3.03. The van der Waals surface area contributed by atoms with Crippen LogP contribution >= 0.6 is 0 Å². The fourth-order valence-electron chi connectivity index (χ4n) is 7.20. The third-order valence-corrected chi connectivity index (χ3v) is 9.04. The van der Waals surface area contributed by atoms with Gasteiger partial charge in [-0.2, -0.15) is 13.2 Å². The van der Waals surface area contributed by atoms with Crippen molar-refractivity contribution in [2.24, 2.45) is 5.73 Å². The number of primary amides is 1. The first-order valence-electron chi connectivity index (χ1n) is 13.8. The molecule has 210 valence electrons. The van der Waals surface area contributed by atoms with Crippen molar-refractivity contribution >= 4 is 17.9 Å². The number of halogens is 3. The van der Waals surface area contributed by atoms with E-state index in [0.717, 1.165) is 38.2 Å². The third kappa shape index (κ3) is 5.31. The molecule has 0 radical (unpaired) electrons. The van der Waals surface area contributed by atoms with E-state index in [-0.39, 0.29) is 28.3 Å². The first kappa shape index (κ1) is 27.6. The number of anilines is 1. The highest BCUT2D eigenvalue weighted by molar-refractivity contribution is 5.99. The van der Waals surface area contributed by atoms with Crippen LogP contribution in [0.1, 0.15) is 71.6 Å². The number of rotatable bonds is 8. The number of nitrogens with one attached hydrogen (secondary N) is 1. The maximum Gasteiger partial charge on any atom is 0.418 e. The molecule has 2 fully saturated rings. The van der Waals surface area contributed by atoms with Crippen LogP contribution in [-0.4, -0.2) is 55.0 Å². The first-order chi connectivity index (χ1) is 18.7. The van der Waals surface area contributed by atoms with Gasteiger partial charge >= 0.3 is 6.18 Å². The number of ether oxygens (including phenoxy) is 1. The second kappa shape index (κ2) is 10.9. The van der Waals surface area contributed by atoms with E-state index in [1.165, 1.54) is 23.6 Å². The Labute approximate surface area is 227 Å². The van der Waals surface area contributed by atoms with Gasteiger partial charge in [0.2, 0.25) is 0 Å². The van der Waals surface area contributed by atoms with E-state index in [0.29, 0.717) is 32.0 Å². The Morgan fingerprint density at radius 1 is 1.15 bits per heavy atom. The molecule has 1 aliphatic heterocycles. The number of nitrogens with zero attached hydrogens (tertiary/aromatic N) is 1. The van der Waals surface area contributed by atoms with Crippen LogP contribution in [0.2, 0.25) is 0 Å². The maximum absolute atomic E-state index is 14.3. The Bertz CT molecular complexity index is 1220. The quantitative estimate of drug-likeness (QED) is 0.464. The largest absolute Gasteiger partial charge is 0.418 e. The molecule has 6 nitrogen and oxygen atoms in total. The predicted octanol–water partition coefficient (Wildman–Crippen LogP) is 4.87. The minimum atomic E-state index is -4.78. The van der Waals surface area contributed by atoms with E-state index in [4.69, 9.17) is 10.5 Å². The van der Waals surface area contributed by atoms with Crippen LogP contribution in [-0.2, 0) is 34.0 Å². The van der Waals surface area contributed by atoms with E-state index < -0.39 is 30.1 Å². The molecule has 1 saturated heterocycles. The second-order valence-electron chi connectivity index (χ2n) is 11.1. The lowest BCUT2D eigenvalue weighted by molar-refractivity contribution is -0.137. The number of amides is 1. The summed E-state index contributed by atoms with van der Waals surface area (Å²) in [6.07, 6.45) is 1.42. The van der Waals surface area contributed by atoms with Crippen LogP contribution in [0.5, 0.6) is 0 Å². The van der Waals surface area contributed by atoms with Gasteiger partial charge in [0, 0.05) is 32.2 Å². The lowest BCUT2D eigenvalue weighted by atomic mass is 9.69. The van der Waals surface area contributed by atoms with Crippen molar-refractivity contribution in [1.82, 2.24) is 4.90 Å². The van der Waals surface area contributed by atoms with Gasteiger partial charge in [0.05, 0.1) is 29.0 Å². The SMILES string of the molecule is CCO[C@H]1CN(C2CCC3(CCc4ccccc43)CC2)C[C@@H]1Nc1c(C(N)=O)ccc(CC=O)c1C(F)(F)F. The van der Waals surface area contributed by atoms with E-state index in [1.54, 1.807) is 0 Å². The summed E-state index contributed by atoms with van der Waals surface area (Å²) in [6.45, 7) is 3.37. The zero-order valence-corrected chi connectivity index (χ0v) is 22.2. The van der Waals surface area contributed by atoms with E-state index in [1.807, 2.05) is 6.92 Å². The Kier molecular flexibility index (Phi) is 7.75. The van der Waals surface area contributed by atoms with Crippen LogP contribution in [0, 0.1) is 0 Å². The van der Waals surface area contributed by atoms with Gasteiger partial charge in [-0.1, -0.05) is 30.3 Å². The summed E-state index contributed by atoms with van der Waals surface area (Å²) >= 11 is 0. The van der Waals surface area contributed by atoms with Gasteiger partial charge in [-0.05, 0) is 73.6 Å². The summed E-state index contributed by atoms with van der Waals surface area (Å²) < 4.78 is 48.8.